The number of nitrogens with one attached hydrogen (secondary N) is 1. The molecule has 7 heteroatoms. The van der Waals surface area contributed by atoms with E-state index in [1.54, 1.807) is 24.3 Å². The van der Waals surface area contributed by atoms with Crippen molar-refractivity contribution in [1.82, 2.24) is 10.4 Å². The van der Waals surface area contributed by atoms with Gasteiger partial charge in [0.2, 0.25) is 0 Å². The van der Waals surface area contributed by atoms with E-state index in [1.165, 1.54) is 18.2 Å². The highest BCUT2D eigenvalue weighted by molar-refractivity contribution is 8.18. The molecule has 3 rings (SSSR count). The summed E-state index contributed by atoms with van der Waals surface area (Å²) in [4.78, 5) is 36.7. The predicted octanol–water partition coefficient (Wildman–Crippen LogP) is 3.33. The largest absolute Gasteiger partial charge is 0.507 e. The number of imide groups is 1. The molecular weight excluding hydrogens is 352 g/mol. The standard InChI is InChI=1S/C19H14N2O4S/c22-15-11-5-4-10-14(15)17(23)20-21-18(24)16(26-19(21)25)12-6-9-13-7-2-1-3-8-13/h1-12,22H,(H,20,23). The molecule has 1 saturated heterocycles. The van der Waals surface area contributed by atoms with Crippen molar-refractivity contribution in [3.8, 4) is 5.75 Å². The minimum absolute atomic E-state index is 0.0282. The molecule has 0 saturated carbocycles. The highest BCUT2D eigenvalue weighted by atomic mass is 32.2. The van der Waals surface area contributed by atoms with Gasteiger partial charge in [-0.3, -0.25) is 19.8 Å². The van der Waals surface area contributed by atoms with Crippen LogP contribution in [-0.4, -0.2) is 27.2 Å². The minimum Gasteiger partial charge on any atom is -0.507 e. The molecule has 0 aromatic heterocycles. The van der Waals surface area contributed by atoms with Crippen LogP contribution in [0.1, 0.15) is 15.9 Å². The SMILES string of the molecule is O=C(NN1C(=O)SC(=CC=Cc2ccccc2)C1=O)c1ccccc1O. The van der Waals surface area contributed by atoms with Crippen molar-refractivity contribution in [3.05, 3.63) is 82.8 Å². The first kappa shape index (κ1) is 17.5. The fourth-order valence-electron chi connectivity index (χ4n) is 2.22. The first-order chi connectivity index (χ1) is 12.6. The number of carbonyl (C=O) groups is 3. The fraction of sp³-hybridized carbons (Fsp3) is 0. The lowest BCUT2D eigenvalue weighted by Crippen LogP contribution is -2.44. The van der Waals surface area contributed by atoms with Gasteiger partial charge in [0.1, 0.15) is 5.75 Å². The van der Waals surface area contributed by atoms with Gasteiger partial charge in [0.05, 0.1) is 10.5 Å². The van der Waals surface area contributed by atoms with E-state index in [4.69, 9.17) is 0 Å². The number of phenolic OH excluding ortho intramolecular Hbond substituents is 1. The van der Waals surface area contributed by atoms with Crippen LogP contribution in [0.25, 0.3) is 6.08 Å². The number of aromatic hydroxyl groups is 1. The first-order valence-electron chi connectivity index (χ1n) is 7.65. The van der Waals surface area contributed by atoms with Crippen molar-refractivity contribution in [2.75, 3.05) is 0 Å². The zero-order valence-electron chi connectivity index (χ0n) is 13.5. The number of allylic oxidation sites excluding steroid dienone is 2. The van der Waals surface area contributed by atoms with Gasteiger partial charge in [-0.25, -0.2) is 0 Å². The second kappa shape index (κ2) is 7.71. The number of thioether (sulfide) groups is 1. The van der Waals surface area contributed by atoms with Gasteiger partial charge in [0, 0.05) is 0 Å². The van der Waals surface area contributed by atoms with Crippen molar-refractivity contribution < 1.29 is 19.5 Å². The van der Waals surface area contributed by atoms with Crippen LogP contribution in [0.15, 0.2) is 71.7 Å². The van der Waals surface area contributed by atoms with Crippen molar-refractivity contribution in [1.29, 1.82) is 0 Å². The number of hydrogen-bond donors (Lipinski definition) is 2. The fourth-order valence-corrected chi connectivity index (χ4v) is 2.95. The van der Waals surface area contributed by atoms with Crippen molar-refractivity contribution in [2.45, 2.75) is 0 Å². The van der Waals surface area contributed by atoms with Crippen LogP contribution >= 0.6 is 11.8 Å². The Labute approximate surface area is 153 Å². The predicted molar refractivity (Wildman–Crippen MR) is 99.0 cm³/mol. The van der Waals surface area contributed by atoms with E-state index in [0.29, 0.717) is 5.01 Å². The number of para-hydroxylation sites is 1. The molecule has 0 unspecified atom stereocenters. The summed E-state index contributed by atoms with van der Waals surface area (Å²) in [6, 6.07) is 15.4. The Morgan fingerprint density at radius 1 is 1.04 bits per heavy atom. The Kier molecular flexibility index (Phi) is 5.19. The second-order valence-electron chi connectivity index (χ2n) is 5.27. The summed E-state index contributed by atoms with van der Waals surface area (Å²) in [7, 11) is 0. The summed E-state index contributed by atoms with van der Waals surface area (Å²) in [6.45, 7) is 0. The van der Waals surface area contributed by atoms with Gasteiger partial charge >= 0.3 is 5.24 Å². The number of phenols is 1. The highest BCUT2D eigenvalue weighted by Crippen LogP contribution is 2.29. The minimum atomic E-state index is -0.744. The summed E-state index contributed by atoms with van der Waals surface area (Å²) in [5, 5.41) is 9.72. The molecule has 1 heterocycles. The molecular formula is C19H14N2O4S. The molecule has 3 amide bonds. The molecule has 0 atom stereocenters. The molecule has 26 heavy (non-hydrogen) atoms. The third-order valence-electron chi connectivity index (χ3n) is 3.49. The van der Waals surface area contributed by atoms with E-state index in [0.717, 1.165) is 17.3 Å². The maximum Gasteiger partial charge on any atom is 0.312 e. The number of hydrogen-bond acceptors (Lipinski definition) is 5. The van der Waals surface area contributed by atoms with E-state index in [2.05, 4.69) is 5.43 Å². The third-order valence-corrected chi connectivity index (χ3v) is 4.38. The van der Waals surface area contributed by atoms with Gasteiger partial charge in [-0.15, -0.1) is 0 Å². The number of rotatable bonds is 4. The second-order valence-corrected chi connectivity index (χ2v) is 6.26. The monoisotopic (exact) mass is 366 g/mol. The van der Waals surface area contributed by atoms with E-state index < -0.39 is 17.1 Å². The van der Waals surface area contributed by atoms with Crippen LogP contribution in [0.2, 0.25) is 0 Å². The molecule has 0 radical (unpaired) electrons. The molecule has 1 fully saturated rings. The normalized spacial score (nSPS) is 15.8. The summed E-state index contributed by atoms with van der Waals surface area (Å²) in [5.41, 5.74) is 3.15. The summed E-state index contributed by atoms with van der Waals surface area (Å²) in [6.07, 6.45) is 4.98. The van der Waals surface area contributed by atoms with Crippen LogP contribution < -0.4 is 5.43 Å². The number of nitrogens with zero attached hydrogens (tertiary/aromatic N) is 1. The van der Waals surface area contributed by atoms with Gasteiger partial charge < -0.3 is 5.11 Å². The van der Waals surface area contributed by atoms with E-state index in [9.17, 15) is 19.5 Å². The number of hydrazine groups is 1. The third kappa shape index (κ3) is 3.84. The van der Waals surface area contributed by atoms with Gasteiger partial charge in [-0.2, -0.15) is 5.01 Å². The van der Waals surface area contributed by atoms with Gasteiger partial charge in [0.15, 0.2) is 0 Å². The quantitative estimate of drug-likeness (QED) is 0.811. The summed E-state index contributed by atoms with van der Waals surface area (Å²) < 4.78 is 0. The molecule has 2 aromatic rings. The molecule has 6 nitrogen and oxygen atoms in total. The van der Waals surface area contributed by atoms with Gasteiger partial charge in [-0.1, -0.05) is 54.6 Å². The molecule has 0 spiro atoms. The Morgan fingerprint density at radius 2 is 1.73 bits per heavy atom. The van der Waals surface area contributed by atoms with Gasteiger partial charge in [-0.05, 0) is 35.5 Å². The van der Waals surface area contributed by atoms with E-state index in [-0.39, 0.29) is 16.2 Å². The van der Waals surface area contributed by atoms with E-state index in [1.807, 2.05) is 30.3 Å². The molecule has 1 aliphatic heterocycles. The zero-order valence-corrected chi connectivity index (χ0v) is 14.3. The maximum absolute atomic E-state index is 12.3. The Balaban J connectivity index is 1.71. The molecule has 2 aromatic carbocycles. The Morgan fingerprint density at radius 3 is 2.46 bits per heavy atom. The lowest BCUT2D eigenvalue weighted by molar-refractivity contribution is -0.124. The van der Waals surface area contributed by atoms with Crippen LogP contribution in [0.3, 0.4) is 0 Å². The average Bonchev–Trinajstić information content (AvgIpc) is 2.90. The molecule has 2 N–H and O–H groups in total. The smallest absolute Gasteiger partial charge is 0.312 e. The first-order valence-corrected chi connectivity index (χ1v) is 8.46. The van der Waals surface area contributed by atoms with Crippen LogP contribution in [0.4, 0.5) is 4.79 Å². The lowest BCUT2D eigenvalue weighted by atomic mass is 10.2. The molecule has 130 valence electrons. The number of amides is 3. The topological polar surface area (TPSA) is 86.7 Å². The maximum atomic E-state index is 12.3. The zero-order chi connectivity index (χ0) is 18.5. The van der Waals surface area contributed by atoms with E-state index >= 15 is 0 Å². The highest BCUT2D eigenvalue weighted by Gasteiger charge is 2.36. The van der Waals surface area contributed by atoms with Crippen LogP contribution in [-0.2, 0) is 4.79 Å². The summed E-state index contributed by atoms with van der Waals surface area (Å²) >= 11 is 0.728. The lowest BCUT2D eigenvalue weighted by Gasteiger charge is -2.14. The van der Waals surface area contributed by atoms with Gasteiger partial charge in [0.25, 0.3) is 11.8 Å². The Bertz CT molecular complexity index is 922. The Hall–Kier alpha value is -3.32. The number of benzene rings is 2. The molecule has 0 aliphatic carbocycles. The average molecular weight is 366 g/mol. The van der Waals surface area contributed by atoms with Crippen molar-refractivity contribution >= 4 is 34.9 Å². The van der Waals surface area contributed by atoms with Crippen molar-refractivity contribution in [2.24, 2.45) is 0 Å². The number of carbonyl (C=O) groups excluding carboxylic acids is 3. The molecule has 1 aliphatic rings. The van der Waals surface area contributed by atoms with Crippen LogP contribution in [0.5, 0.6) is 5.75 Å². The van der Waals surface area contributed by atoms with Crippen LogP contribution in [0, 0.1) is 0 Å². The summed E-state index contributed by atoms with van der Waals surface area (Å²) in [5.74, 6) is -1.61. The van der Waals surface area contributed by atoms with Crippen molar-refractivity contribution in [3.63, 3.8) is 0 Å². The molecule has 0 bridgehead atoms.